The Bertz CT molecular complexity index is 1680. The second-order valence-corrected chi connectivity index (χ2v) is 12.0. The van der Waals surface area contributed by atoms with Crippen molar-refractivity contribution >= 4 is 24.3 Å². The van der Waals surface area contributed by atoms with Gasteiger partial charge in [-0.1, -0.05) is 19.9 Å². The molecule has 3 aromatic rings. The van der Waals surface area contributed by atoms with E-state index in [1.54, 1.807) is 0 Å². The molecule has 2 aliphatic heterocycles. The van der Waals surface area contributed by atoms with Gasteiger partial charge in [0.1, 0.15) is 0 Å². The van der Waals surface area contributed by atoms with Crippen molar-refractivity contribution in [2.45, 2.75) is 68.7 Å². The van der Waals surface area contributed by atoms with Crippen molar-refractivity contribution in [3.05, 3.63) is 89.9 Å². The van der Waals surface area contributed by atoms with E-state index >= 15 is 0 Å². The van der Waals surface area contributed by atoms with E-state index in [0.717, 1.165) is 22.8 Å². The highest BCUT2D eigenvalue weighted by atomic mass is 15.0. The Morgan fingerprint density at radius 3 is 1.68 bits per heavy atom. The van der Waals surface area contributed by atoms with Gasteiger partial charge in [0.25, 0.3) is 0 Å². The van der Waals surface area contributed by atoms with Crippen molar-refractivity contribution in [3.8, 4) is 0 Å². The van der Waals surface area contributed by atoms with Crippen LogP contribution in [0.25, 0.3) is 24.3 Å². The summed E-state index contributed by atoms with van der Waals surface area (Å²) in [4.78, 5) is 11.2. The van der Waals surface area contributed by atoms with Crippen LogP contribution in [0.1, 0.15) is 83.3 Å². The van der Waals surface area contributed by atoms with Gasteiger partial charge >= 0.3 is 0 Å². The third kappa shape index (κ3) is 3.34. The summed E-state index contributed by atoms with van der Waals surface area (Å²) >= 11 is 0. The Labute approximate surface area is 220 Å². The van der Waals surface area contributed by atoms with Gasteiger partial charge in [-0.3, -0.25) is 0 Å². The summed E-state index contributed by atoms with van der Waals surface area (Å²) in [5.41, 5.74) is 16.4. The average Bonchev–Trinajstić information content (AvgIpc) is 3.48. The molecule has 1 aliphatic carbocycles. The largest absolute Gasteiger partial charge is 0.358 e. The van der Waals surface area contributed by atoms with Crippen LogP contribution in [0.2, 0.25) is 0 Å². The summed E-state index contributed by atoms with van der Waals surface area (Å²) in [6.45, 7) is 20.6. The van der Waals surface area contributed by atoms with Crippen LogP contribution in [0, 0.1) is 58.8 Å². The molecule has 4 heteroatoms. The van der Waals surface area contributed by atoms with Crippen molar-refractivity contribution < 1.29 is 0 Å². The molecule has 5 heterocycles. The fraction of sp³-hybridized carbons (Fsp3) is 0.394. The number of nitrogens with one attached hydrogen (secondary N) is 4. The topological polar surface area (TPSA) is 59.4 Å². The number of aromatic nitrogens is 3. The highest BCUT2D eigenvalue weighted by Gasteiger charge is 2.49. The van der Waals surface area contributed by atoms with Gasteiger partial charge in [0.2, 0.25) is 0 Å². The van der Waals surface area contributed by atoms with Crippen LogP contribution in [0.4, 0.5) is 0 Å². The highest BCUT2D eigenvalue weighted by Crippen LogP contribution is 2.55. The zero-order chi connectivity index (χ0) is 26.4. The summed E-state index contributed by atoms with van der Waals surface area (Å²) in [7, 11) is 0. The molecule has 0 amide bonds. The van der Waals surface area contributed by atoms with Gasteiger partial charge in [0, 0.05) is 50.3 Å². The standard InChI is InChI=1S/C33H40N4/c1-16-10-11-24-31-14-29-20(5)19(4)27(35-29)12-25-17(2)18(3)26(34-25)13-28-21(6)22(7)30(36-28)15-32(37-31)33(24,9)23(16)8/h11-16,23,34-37H,10H2,1-9H3. The molecule has 192 valence electrons. The minimum Gasteiger partial charge on any atom is -0.358 e. The number of H-pyrrole nitrogens is 3. The van der Waals surface area contributed by atoms with Gasteiger partial charge in [-0.25, -0.2) is 0 Å². The zero-order valence-electron chi connectivity index (χ0n) is 23.7. The first kappa shape index (κ1) is 24.0. The maximum absolute atomic E-state index is 3.90. The lowest BCUT2D eigenvalue weighted by Crippen LogP contribution is -2.34. The molecule has 0 radical (unpaired) electrons. The molecule has 0 spiro atoms. The number of rotatable bonds is 0. The molecule has 3 aromatic heterocycles. The SMILES string of the molecule is Cc1c2[nH]c(c1C)C=c1[nH]c(c(C)c1C)=Cc1[nH]c(c(C)c1C)C=C1NC(=C2)C2=CCC(C)C(C)C12C. The van der Waals surface area contributed by atoms with Crippen LogP contribution in [0.15, 0.2) is 23.0 Å². The van der Waals surface area contributed by atoms with Crippen LogP contribution < -0.4 is 16.0 Å². The van der Waals surface area contributed by atoms with E-state index in [1.165, 1.54) is 67.4 Å². The lowest BCUT2D eigenvalue weighted by molar-refractivity contribution is 0.219. The second kappa shape index (κ2) is 8.05. The molecule has 1 fully saturated rings. The van der Waals surface area contributed by atoms with Crippen LogP contribution in [0.5, 0.6) is 0 Å². The molecule has 4 nitrogen and oxygen atoms in total. The molecule has 6 rings (SSSR count). The summed E-state index contributed by atoms with van der Waals surface area (Å²) in [5, 5.41) is 6.22. The average molecular weight is 493 g/mol. The molecule has 8 bridgehead atoms. The number of allylic oxidation sites excluding steroid dienone is 3. The first-order chi connectivity index (χ1) is 17.5. The van der Waals surface area contributed by atoms with Crippen molar-refractivity contribution in [3.63, 3.8) is 0 Å². The van der Waals surface area contributed by atoms with Crippen molar-refractivity contribution in [2.75, 3.05) is 0 Å². The molecular formula is C33H40N4. The lowest BCUT2D eigenvalue weighted by atomic mass is 9.62. The van der Waals surface area contributed by atoms with E-state index in [9.17, 15) is 0 Å². The van der Waals surface area contributed by atoms with E-state index in [0.29, 0.717) is 11.8 Å². The second-order valence-electron chi connectivity index (χ2n) is 12.0. The third-order valence-corrected chi connectivity index (χ3v) is 10.2. The summed E-state index contributed by atoms with van der Waals surface area (Å²) in [5.74, 6) is 1.16. The van der Waals surface area contributed by atoms with Crippen molar-refractivity contribution in [1.82, 2.24) is 20.3 Å². The minimum absolute atomic E-state index is 0.0566. The molecule has 0 saturated carbocycles. The molecule has 4 N–H and O–H groups in total. The molecule has 3 aliphatic rings. The van der Waals surface area contributed by atoms with Gasteiger partial charge < -0.3 is 20.3 Å². The predicted molar refractivity (Wildman–Crippen MR) is 155 cm³/mol. The van der Waals surface area contributed by atoms with Crippen LogP contribution in [-0.2, 0) is 0 Å². The van der Waals surface area contributed by atoms with Crippen LogP contribution in [-0.4, -0.2) is 15.0 Å². The molecular weight excluding hydrogens is 452 g/mol. The predicted octanol–water partition coefficient (Wildman–Crippen LogP) is 6.09. The molecule has 1 saturated heterocycles. The van der Waals surface area contributed by atoms with E-state index in [2.05, 4.69) is 113 Å². The molecule has 37 heavy (non-hydrogen) atoms. The van der Waals surface area contributed by atoms with Crippen molar-refractivity contribution in [2.24, 2.45) is 17.3 Å². The van der Waals surface area contributed by atoms with E-state index in [4.69, 9.17) is 0 Å². The Morgan fingerprint density at radius 2 is 1.14 bits per heavy atom. The highest BCUT2D eigenvalue weighted by molar-refractivity contribution is 5.72. The zero-order valence-corrected chi connectivity index (χ0v) is 23.7. The van der Waals surface area contributed by atoms with Gasteiger partial charge in [-0.15, -0.1) is 0 Å². The summed E-state index contributed by atoms with van der Waals surface area (Å²) in [6.07, 6.45) is 12.9. The molecule has 3 unspecified atom stereocenters. The Hall–Kier alpha value is -3.40. The minimum atomic E-state index is -0.0566. The first-order valence-corrected chi connectivity index (χ1v) is 13.7. The Balaban J connectivity index is 1.71. The Kier molecular flexibility index (Phi) is 5.21. The van der Waals surface area contributed by atoms with Gasteiger partial charge in [-0.05, 0) is 130 Å². The van der Waals surface area contributed by atoms with Crippen LogP contribution in [0.3, 0.4) is 0 Å². The number of hydrogen-bond donors (Lipinski definition) is 4. The van der Waals surface area contributed by atoms with Crippen LogP contribution >= 0.6 is 0 Å². The summed E-state index contributed by atoms with van der Waals surface area (Å²) < 4.78 is 0. The van der Waals surface area contributed by atoms with E-state index in [-0.39, 0.29) is 5.41 Å². The fourth-order valence-electron chi connectivity index (χ4n) is 6.61. The quantitative estimate of drug-likeness (QED) is 0.302. The van der Waals surface area contributed by atoms with E-state index < -0.39 is 0 Å². The fourth-order valence-corrected chi connectivity index (χ4v) is 6.61. The monoisotopic (exact) mass is 492 g/mol. The lowest BCUT2D eigenvalue weighted by Gasteiger charge is -2.40. The van der Waals surface area contributed by atoms with Crippen molar-refractivity contribution in [1.29, 1.82) is 0 Å². The Morgan fingerprint density at radius 1 is 0.649 bits per heavy atom. The molecule has 3 atom stereocenters. The van der Waals surface area contributed by atoms with Gasteiger partial charge in [-0.2, -0.15) is 0 Å². The summed E-state index contributed by atoms with van der Waals surface area (Å²) in [6, 6.07) is 0. The number of fused-ring (bicyclic) bond motifs is 11. The number of aromatic amines is 3. The maximum Gasteiger partial charge on any atom is 0.0442 e. The number of hydrogen-bond acceptors (Lipinski definition) is 1. The van der Waals surface area contributed by atoms with Gasteiger partial charge in [0.05, 0.1) is 0 Å². The normalized spacial score (nSPS) is 24.4. The van der Waals surface area contributed by atoms with Gasteiger partial charge in [0.15, 0.2) is 0 Å². The maximum atomic E-state index is 3.90. The van der Waals surface area contributed by atoms with E-state index in [1.807, 2.05) is 0 Å². The smallest absolute Gasteiger partial charge is 0.0442 e. The first-order valence-electron chi connectivity index (χ1n) is 13.7. The molecule has 0 aromatic carbocycles. The third-order valence-electron chi connectivity index (χ3n) is 10.2.